The lowest BCUT2D eigenvalue weighted by Gasteiger charge is -2.17. The van der Waals surface area contributed by atoms with Crippen molar-refractivity contribution in [2.45, 2.75) is 39.3 Å². The van der Waals surface area contributed by atoms with E-state index in [9.17, 15) is 14.4 Å². The minimum absolute atomic E-state index is 0.184. The first-order valence-electron chi connectivity index (χ1n) is 7.84. The smallest absolute Gasteiger partial charge is 0.325 e. The number of rotatable bonds is 6. The van der Waals surface area contributed by atoms with Gasteiger partial charge in [-0.25, -0.2) is 4.79 Å². The first-order valence-corrected chi connectivity index (χ1v) is 7.84. The molecular formula is C17H23N3O3. The zero-order valence-electron chi connectivity index (χ0n) is 13.7. The minimum Gasteiger partial charge on any atom is -0.348 e. The van der Waals surface area contributed by atoms with E-state index >= 15 is 0 Å². The number of hydrogen-bond acceptors (Lipinski definition) is 3. The first-order chi connectivity index (χ1) is 10.9. The van der Waals surface area contributed by atoms with E-state index < -0.39 is 12.1 Å². The Kier molecular flexibility index (Phi) is 5.36. The largest absolute Gasteiger partial charge is 0.348 e. The molecule has 0 radical (unpaired) electrons. The monoisotopic (exact) mass is 317 g/mol. The van der Waals surface area contributed by atoms with Crippen LogP contribution in [0.5, 0.6) is 0 Å². The van der Waals surface area contributed by atoms with Crippen LogP contribution in [0.15, 0.2) is 30.3 Å². The molecule has 1 aromatic rings. The summed E-state index contributed by atoms with van der Waals surface area (Å²) in [5.74, 6) is -0.391. The normalized spacial score (nSPS) is 19.0. The maximum atomic E-state index is 12.2. The molecule has 124 valence electrons. The Bertz CT molecular complexity index is 586. The summed E-state index contributed by atoms with van der Waals surface area (Å²) in [5.41, 5.74) is 0.968. The van der Waals surface area contributed by atoms with Crippen LogP contribution in [0, 0.1) is 5.92 Å². The Morgan fingerprint density at radius 2 is 1.87 bits per heavy atom. The Balaban J connectivity index is 1.92. The molecule has 0 aromatic heterocycles. The Hall–Kier alpha value is -2.37. The molecule has 23 heavy (non-hydrogen) atoms. The van der Waals surface area contributed by atoms with Crippen molar-refractivity contribution in [2.24, 2.45) is 5.92 Å². The van der Waals surface area contributed by atoms with Gasteiger partial charge in [-0.2, -0.15) is 0 Å². The van der Waals surface area contributed by atoms with Gasteiger partial charge in [0.1, 0.15) is 12.6 Å². The lowest BCUT2D eigenvalue weighted by Crippen LogP contribution is -2.41. The van der Waals surface area contributed by atoms with E-state index in [-0.39, 0.29) is 30.3 Å². The van der Waals surface area contributed by atoms with Gasteiger partial charge in [-0.1, -0.05) is 44.2 Å². The zero-order chi connectivity index (χ0) is 17.0. The summed E-state index contributed by atoms with van der Waals surface area (Å²) in [5, 5.41) is 5.44. The molecule has 0 spiro atoms. The molecule has 6 nitrogen and oxygen atoms in total. The van der Waals surface area contributed by atoms with Gasteiger partial charge in [0.05, 0.1) is 6.04 Å². The number of benzene rings is 1. The van der Waals surface area contributed by atoms with E-state index in [1.165, 1.54) is 0 Å². The van der Waals surface area contributed by atoms with Crippen LogP contribution >= 0.6 is 0 Å². The quantitative estimate of drug-likeness (QED) is 0.786. The van der Waals surface area contributed by atoms with Gasteiger partial charge in [0, 0.05) is 0 Å². The highest BCUT2D eigenvalue weighted by atomic mass is 16.2. The van der Waals surface area contributed by atoms with Gasteiger partial charge in [0.2, 0.25) is 5.91 Å². The lowest BCUT2D eigenvalue weighted by atomic mass is 10.0. The highest BCUT2D eigenvalue weighted by Crippen LogP contribution is 2.15. The minimum atomic E-state index is -0.526. The van der Waals surface area contributed by atoms with Crippen LogP contribution in [0.3, 0.4) is 0 Å². The van der Waals surface area contributed by atoms with Crippen molar-refractivity contribution in [1.82, 2.24) is 15.5 Å². The standard InChI is InChI=1S/C17H23N3O3/c1-11(2)9-14-16(22)20(17(23)19-14)10-15(21)18-12(3)13-7-5-4-6-8-13/h4-8,11-12,14H,9-10H2,1-3H3,(H,18,21)(H,19,23)/t12-,14-/m1/s1. The summed E-state index contributed by atoms with van der Waals surface area (Å²) in [6.07, 6.45) is 0.573. The van der Waals surface area contributed by atoms with Gasteiger partial charge in [0.25, 0.3) is 5.91 Å². The first kappa shape index (κ1) is 17.0. The summed E-state index contributed by atoms with van der Waals surface area (Å²) in [6.45, 7) is 5.57. The summed E-state index contributed by atoms with van der Waals surface area (Å²) in [4.78, 5) is 37.2. The number of urea groups is 1. The molecule has 0 aliphatic carbocycles. The fraction of sp³-hybridized carbons (Fsp3) is 0.471. The van der Waals surface area contributed by atoms with Crippen LogP contribution in [0.25, 0.3) is 0 Å². The average Bonchev–Trinajstić information content (AvgIpc) is 2.75. The van der Waals surface area contributed by atoms with Crippen LogP contribution in [0.4, 0.5) is 4.79 Å². The molecule has 4 amide bonds. The van der Waals surface area contributed by atoms with Gasteiger partial charge in [0.15, 0.2) is 0 Å². The summed E-state index contributed by atoms with van der Waals surface area (Å²) >= 11 is 0. The Labute approximate surface area is 136 Å². The van der Waals surface area contributed by atoms with Gasteiger partial charge >= 0.3 is 6.03 Å². The van der Waals surface area contributed by atoms with Gasteiger partial charge in [-0.3, -0.25) is 14.5 Å². The van der Waals surface area contributed by atoms with Crippen molar-refractivity contribution in [3.8, 4) is 0 Å². The molecule has 6 heteroatoms. The summed E-state index contributed by atoms with van der Waals surface area (Å²) in [6, 6.07) is 8.31. The number of carbonyl (C=O) groups is 3. The SMILES string of the molecule is CC(C)C[C@H]1NC(=O)N(CC(=O)N[C@H](C)c2ccccc2)C1=O. The molecule has 0 saturated carbocycles. The molecule has 0 bridgehead atoms. The maximum Gasteiger partial charge on any atom is 0.325 e. The van der Waals surface area contributed by atoms with Crippen molar-refractivity contribution in [3.05, 3.63) is 35.9 Å². The third-order valence-electron chi connectivity index (χ3n) is 3.79. The number of nitrogens with one attached hydrogen (secondary N) is 2. The third-order valence-corrected chi connectivity index (χ3v) is 3.79. The lowest BCUT2D eigenvalue weighted by molar-refractivity contribution is -0.132. The molecule has 2 N–H and O–H groups in total. The average molecular weight is 317 g/mol. The van der Waals surface area contributed by atoms with Crippen molar-refractivity contribution in [1.29, 1.82) is 0 Å². The molecule has 1 aromatic carbocycles. The molecule has 0 unspecified atom stereocenters. The number of nitrogens with zero attached hydrogens (tertiary/aromatic N) is 1. The fourth-order valence-corrected chi connectivity index (χ4v) is 2.61. The second kappa shape index (κ2) is 7.26. The predicted molar refractivity (Wildman–Crippen MR) is 86.5 cm³/mol. The third kappa shape index (κ3) is 4.31. The summed E-state index contributed by atoms with van der Waals surface area (Å²) in [7, 11) is 0. The maximum absolute atomic E-state index is 12.2. The van der Waals surface area contributed by atoms with Crippen LogP contribution in [-0.4, -0.2) is 35.3 Å². The van der Waals surface area contributed by atoms with E-state index in [0.717, 1.165) is 10.5 Å². The van der Waals surface area contributed by atoms with E-state index in [4.69, 9.17) is 0 Å². The van der Waals surface area contributed by atoms with E-state index in [1.54, 1.807) is 0 Å². The van der Waals surface area contributed by atoms with Gasteiger partial charge in [-0.05, 0) is 24.8 Å². The van der Waals surface area contributed by atoms with Crippen LogP contribution < -0.4 is 10.6 Å². The highest BCUT2D eigenvalue weighted by molar-refractivity contribution is 6.06. The van der Waals surface area contributed by atoms with Crippen LogP contribution in [0.2, 0.25) is 0 Å². The second-order valence-electron chi connectivity index (χ2n) is 6.26. The van der Waals surface area contributed by atoms with Gasteiger partial charge < -0.3 is 10.6 Å². The van der Waals surface area contributed by atoms with E-state index in [1.807, 2.05) is 51.1 Å². The van der Waals surface area contributed by atoms with E-state index in [2.05, 4.69) is 10.6 Å². The van der Waals surface area contributed by atoms with Crippen molar-refractivity contribution in [3.63, 3.8) is 0 Å². The predicted octanol–water partition coefficient (Wildman–Crippen LogP) is 1.83. The molecule has 1 heterocycles. The molecule has 1 fully saturated rings. The van der Waals surface area contributed by atoms with Crippen molar-refractivity contribution < 1.29 is 14.4 Å². The molecule has 1 aliphatic heterocycles. The molecule has 2 rings (SSSR count). The zero-order valence-corrected chi connectivity index (χ0v) is 13.7. The summed E-state index contributed by atoms with van der Waals surface area (Å²) < 4.78 is 0. The topological polar surface area (TPSA) is 78.5 Å². The van der Waals surface area contributed by atoms with Crippen LogP contribution in [-0.2, 0) is 9.59 Å². The van der Waals surface area contributed by atoms with Crippen molar-refractivity contribution in [2.75, 3.05) is 6.54 Å². The number of hydrogen-bond donors (Lipinski definition) is 2. The van der Waals surface area contributed by atoms with Gasteiger partial charge in [-0.15, -0.1) is 0 Å². The highest BCUT2D eigenvalue weighted by Gasteiger charge is 2.39. The van der Waals surface area contributed by atoms with Crippen molar-refractivity contribution >= 4 is 17.8 Å². The number of amides is 4. The Morgan fingerprint density at radius 1 is 1.22 bits per heavy atom. The number of carbonyl (C=O) groups excluding carboxylic acids is 3. The molecule has 2 atom stereocenters. The fourth-order valence-electron chi connectivity index (χ4n) is 2.61. The Morgan fingerprint density at radius 3 is 2.48 bits per heavy atom. The molecule has 1 aliphatic rings. The molecular weight excluding hydrogens is 294 g/mol. The number of imide groups is 1. The second-order valence-corrected chi connectivity index (χ2v) is 6.26. The van der Waals surface area contributed by atoms with E-state index in [0.29, 0.717) is 6.42 Å². The van der Waals surface area contributed by atoms with Crippen LogP contribution in [0.1, 0.15) is 38.8 Å². The molecule has 1 saturated heterocycles.